The zero-order chi connectivity index (χ0) is 42.0. The van der Waals surface area contributed by atoms with Crippen LogP contribution in [0.3, 0.4) is 0 Å². The second kappa shape index (κ2) is 17.3. The van der Waals surface area contributed by atoms with Crippen molar-refractivity contribution < 1.29 is 38.1 Å². The van der Waals surface area contributed by atoms with Crippen molar-refractivity contribution >= 4 is 23.9 Å². The highest BCUT2D eigenvalue weighted by atomic mass is 16.6. The standard InChI is InChI=1S/C43H78N4O8/c1-17-19-29(40(9,10)44-18-2)33(48)52-25-27(54-35(50)31-23-38(5,6)46-42(31,13)14)20-21-28(55-36(51)32-24-39(7,8)47-43(32,15)16)26-53-34(49)30-22-37(3,4)45-41(30,11)12/h27-32,44-47H,17-26H2,1-16H3. The van der Waals surface area contributed by atoms with Crippen LogP contribution in [0.1, 0.15) is 156 Å². The first-order chi connectivity index (χ1) is 25.0. The molecule has 12 nitrogen and oxygen atoms in total. The first kappa shape index (κ1) is 47.1. The molecule has 3 aliphatic rings. The molecule has 318 valence electrons. The van der Waals surface area contributed by atoms with Crippen molar-refractivity contribution in [3.05, 3.63) is 0 Å². The average molecular weight is 779 g/mol. The van der Waals surface area contributed by atoms with Gasteiger partial charge < -0.3 is 40.2 Å². The van der Waals surface area contributed by atoms with Crippen LogP contribution in [0.25, 0.3) is 0 Å². The Hall–Kier alpha value is -2.28. The van der Waals surface area contributed by atoms with Gasteiger partial charge in [0, 0.05) is 38.8 Å². The molecule has 0 radical (unpaired) electrons. The molecular formula is C43H78N4O8. The molecule has 0 bridgehead atoms. The van der Waals surface area contributed by atoms with Crippen molar-refractivity contribution in [1.29, 1.82) is 0 Å². The van der Waals surface area contributed by atoms with Gasteiger partial charge in [0.05, 0.1) is 23.7 Å². The molecule has 3 aliphatic heterocycles. The van der Waals surface area contributed by atoms with Crippen LogP contribution in [0.4, 0.5) is 0 Å². The quantitative estimate of drug-likeness (QED) is 0.0957. The minimum absolute atomic E-state index is 0.148. The van der Waals surface area contributed by atoms with E-state index in [9.17, 15) is 19.2 Å². The summed E-state index contributed by atoms with van der Waals surface area (Å²) in [6.45, 7) is 32.8. The summed E-state index contributed by atoms with van der Waals surface area (Å²) in [5.41, 5.74) is -2.76. The molecule has 3 heterocycles. The highest BCUT2D eigenvalue weighted by Crippen LogP contribution is 2.39. The minimum Gasteiger partial charge on any atom is -0.461 e. The maximum Gasteiger partial charge on any atom is 0.311 e. The number of carbonyl (C=O) groups is 4. The van der Waals surface area contributed by atoms with Gasteiger partial charge in [0.2, 0.25) is 0 Å². The summed E-state index contributed by atoms with van der Waals surface area (Å²) in [6.07, 6.45) is 2.01. The zero-order valence-corrected chi connectivity index (χ0v) is 37.3. The molecule has 0 aromatic carbocycles. The first-order valence-electron chi connectivity index (χ1n) is 20.8. The van der Waals surface area contributed by atoms with E-state index < -0.39 is 52.1 Å². The molecule has 0 amide bonds. The number of hydrogen-bond acceptors (Lipinski definition) is 12. The first-order valence-corrected chi connectivity index (χ1v) is 20.8. The summed E-state index contributed by atoms with van der Waals surface area (Å²) in [5.74, 6) is -3.11. The number of esters is 4. The van der Waals surface area contributed by atoms with Crippen molar-refractivity contribution in [2.75, 3.05) is 19.8 Å². The second-order valence-corrected chi connectivity index (χ2v) is 21.0. The SMILES string of the molecule is CCCC(C(=O)OCC(CCC(COC(=O)C1CC(C)(C)NC1(C)C)OC(=O)C1CC(C)(C)NC1(C)C)OC(=O)C1CC(C)(C)NC1(C)C)C(C)(C)NCC. The summed E-state index contributed by atoms with van der Waals surface area (Å²) in [4.78, 5) is 55.1. The van der Waals surface area contributed by atoms with Crippen LogP contribution in [0.2, 0.25) is 0 Å². The van der Waals surface area contributed by atoms with Crippen LogP contribution < -0.4 is 21.3 Å². The lowest BCUT2D eigenvalue weighted by Gasteiger charge is -2.34. The molecule has 4 N–H and O–H groups in total. The van der Waals surface area contributed by atoms with E-state index >= 15 is 0 Å². The largest absolute Gasteiger partial charge is 0.461 e. The molecular weight excluding hydrogens is 700 g/mol. The van der Waals surface area contributed by atoms with Gasteiger partial charge in [-0.1, -0.05) is 20.3 Å². The normalized spacial score (nSPS) is 27.5. The molecule has 12 heteroatoms. The second-order valence-electron chi connectivity index (χ2n) is 21.0. The molecule has 3 fully saturated rings. The Morgan fingerprint density at radius 2 is 0.964 bits per heavy atom. The fourth-order valence-corrected chi connectivity index (χ4v) is 9.87. The molecule has 3 rings (SSSR count). The van der Waals surface area contributed by atoms with Gasteiger partial charge >= 0.3 is 23.9 Å². The van der Waals surface area contributed by atoms with Crippen molar-refractivity contribution in [3.63, 3.8) is 0 Å². The van der Waals surface area contributed by atoms with E-state index in [-0.39, 0.29) is 72.5 Å². The van der Waals surface area contributed by atoms with Crippen LogP contribution in [0.15, 0.2) is 0 Å². The van der Waals surface area contributed by atoms with E-state index in [1.165, 1.54) is 0 Å². The Labute approximate surface area is 332 Å². The number of nitrogens with one attached hydrogen (secondary N) is 4. The predicted octanol–water partition coefficient (Wildman–Crippen LogP) is 5.98. The van der Waals surface area contributed by atoms with E-state index in [1.807, 2.05) is 69.2 Å². The van der Waals surface area contributed by atoms with Crippen LogP contribution in [-0.2, 0) is 38.1 Å². The van der Waals surface area contributed by atoms with E-state index in [1.54, 1.807) is 0 Å². The summed E-state index contributed by atoms with van der Waals surface area (Å²) < 4.78 is 24.4. The third kappa shape index (κ3) is 12.6. The van der Waals surface area contributed by atoms with Crippen molar-refractivity contribution in [2.24, 2.45) is 23.7 Å². The Kier molecular flexibility index (Phi) is 14.8. The maximum absolute atomic E-state index is 13.9. The van der Waals surface area contributed by atoms with E-state index in [2.05, 4.69) is 62.8 Å². The Morgan fingerprint density at radius 3 is 1.29 bits per heavy atom. The van der Waals surface area contributed by atoms with Crippen LogP contribution in [-0.4, -0.2) is 94.6 Å². The average Bonchev–Trinajstić information content (AvgIpc) is 3.50. The van der Waals surface area contributed by atoms with Gasteiger partial charge in [-0.25, -0.2) is 0 Å². The Balaban J connectivity index is 1.87. The highest BCUT2D eigenvalue weighted by molar-refractivity contribution is 5.77. The third-order valence-electron chi connectivity index (χ3n) is 12.2. The zero-order valence-electron chi connectivity index (χ0n) is 37.3. The molecule has 6 unspecified atom stereocenters. The lowest BCUT2D eigenvalue weighted by Crippen LogP contribution is -2.50. The van der Waals surface area contributed by atoms with Gasteiger partial charge in [0.25, 0.3) is 0 Å². The number of ether oxygens (including phenoxy) is 4. The minimum atomic E-state index is -0.820. The lowest BCUT2D eigenvalue weighted by molar-refractivity contribution is -0.170. The fraction of sp³-hybridized carbons (Fsp3) is 0.907. The van der Waals surface area contributed by atoms with E-state index in [0.717, 1.165) is 6.42 Å². The smallest absolute Gasteiger partial charge is 0.311 e. The summed E-state index contributed by atoms with van der Waals surface area (Å²) >= 11 is 0. The van der Waals surface area contributed by atoms with Crippen LogP contribution in [0.5, 0.6) is 0 Å². The molecule has 0 aromatic heterocycles. The highest BCUT2D eigenvalue weighted by Gasteiger charge is 2.51. The molecule has 55 heavy (non-hydrogen) atoms. The van der Waals surface area contributed by atoms with Gasteiger partial charge in [-0.15, -0.1) is 0 Å². The predicted molar refractivity (Wildman–Crippen MR) is 215 cm³/mol. The molecule has 0 saturated carbocycles. The monoisotopic (exact) mass is 779 g/mol. The van der Waals surface area contributed by atoms with Crippen molar-refractivity contribution in [1.82, 2.24) is 21.3 Å². The number of hydrogen-bond donors (Lipinski definition) is 4. The molecule has 0 aliphatic carbocycles. The lowest BCUT2D eigenvalue weighted by atomic mass is 9.84. The van der Waals surface area contributed by atoms with Gasteiger partial charge in [-0.2, -0.15) is 0 Å². The summed E-state index contributed by atoms with van der Waals surface area (Å²) in [6, 6.07) is 0. The van der Waals surface area contributed by atoms with Gasteiger partial charge in [0.1, 0.15) is 25.4 Å². The van der Waals surface area contributed by atoms with Gasteiger partial charge in [-0.3, -0.25) is 19.2 Å². The molecule has 0 spiro atoms. The van der Waals surface area contributed by atoms with Crippen LogP contribution >= 0.6 is 0 Å². The Bertz CT molecular complexity index is 1370. The van der Waals surface area contributed by atoms with Crippen molar-refractivity contribution in [3.8, 4) is 0 Å². The van der Waals surface area contributed by atoms with E-state index in [4.69, 9.17) is 18.9 Å². The van der Waals surface area contributed by atoms with Crippen molar-refractivity contribution in [2.45, 2.75) is 207 Å². The Morgan fingerprint density at radius 1 is 0.600 bits per heavy atom. The topological polar surface area (TPSA) is 153 Å². The van der Waals surface area contributed by atoms with E-state index in [0.29, 0.717) is 32.2 Å². The van der Waals surface area contributed by atoms with Gasteiger partial charge in [0.15, 0.2) is 0 Å². The molecule has 6 atom stereocenters. The number of rotatable bonds is 18. The van der Waals surface area contributed by atoms with Gasteiger partial charge in [-0.05, 0) is 142 Å². The summed E-state index contributed by atoms with van der Waals surface area (Å²) in [5, 5.41) is 14.0. The van der Waals surface area contributed by atoms with Crippen LogP contribution in [0, 0.1) is 23.7 Å². The molecule has 0 aromatic rings. The number of carbonyl (C=O) groups excluding carboxylic acids is 4. The summed E-state index contributed by atoms with van der Waals surface area (Å²) in [7, 11) is 0. The maximum atomic E-state index is 13.9. The third-order valence-corrected chi connectivity index (χ3v) is 12.2. The fourth-order valence-electron chi connectivity index (χ4n) is 9.87. The molecule has 3 saturated heterocycles.